The van der Waals surface area contributed by atoms with E-state index in [1.165, 1.54) is 12.8 Å². The van der Waals surface area contributed by atoms with Crippen molar-refractivity contribution in [3.05, 3.63) is 0 Å². The largest absolute Gasteiger partial charge is 0.480 e. The van der Waals surface area contributed by atoms with E-state index in [1.807, 2.05) is 6.92 Å². The van der Waals surface area contributed by atoms with E-state index in [2.05, 4.69) is 43.1 Å². The first-order valence-corrected chi connectivity index (χ1v) is 8.19. The summed E-state index contributed by atoms with van der Waals surface area (Å²) in [5, 5.41) is 12.8. The first kappa shape index (κ1) is 18.4. The topological polar surface area (TPSA) is 55.8 Å². The van der Waals surface area contributed by atoms with Crippen molar-refractivity contribution < 1.29 is 9.90 Å². The molecule has 2 atom stereocenters. The highest BCUT2D eigenvalue weighted by Gasteiger charge is 2.36. The van der Waals surface area contributed by atoms with Gasteiger partial charge >= 0.3 is 5.97 Å². The molecule has 0 aromatic carbocycles. The number of nitrogens with zero attached hydrogens (tertiary/aromatic N) is 2. The molecule has 5 nitrogen and oxygen atoms in total. The molecule has 1 rings (SSSR count). The van der Waals surface area contributed by atoms with Crippen LogP contribution in [0.1, 0.15) is 46.5 Å². The third-order valence-corrected chi connectivity index (χ3v) is 4.90. The SMILES string of the molecule is CCCNC(C)(CC(C)N(C)C1CCN(C)CC1)C(=O)O. The number of aliphatic carboxylic acids is 1. The molecule has 1 saturated heterocycles. The number of likely N-dealkylation sites (tertiary alicyclic amines) is 1. The maximum Gasteiger partial charge on any atom is 0.323 e. The molecule has 0 saturated carbocycles. The Kier molecular flexibility index (Phi) is 7.10. The minimum atomic E-state index is -0.838. The van der Waals surface area contributed by atoms with Crippen molar-refractivity contribution in [1.82, 2.24) is 15.1 Å². The first-order chi connectivity index (χ1) is 9.80. The molecular formula is C16H33N3O2. The van der Waals surface area contributed by atoms with Crippen LogP contribution in [-0.2, 0) is 4.79 Å². The molecule has 0 amide bonds. The molecular weight excluding hydrogens is 266 g/mol. The standard InChI is InChI=1S/C16H33N3O2/c1-6-9-17-16(3,15(20)21)12-13(2)19(5)14-7-10-18(4)11-8-14/h13-14,17H,6-12H2,1-5H3,(H,20,21). The van der Waals surface area contributed by atoms with Gasteiger partial charge in [0.15, 0.2) is 0 Å². The van der Waals surface area contributed by atoms with Gasteiger partial charge in [0, 0.05) is 12.1 Å². The van der Waals surface area contributed by atoms with Crippen LogP contribution in [-0.4, -0.2) is 72.2 Å². The van der Waals surface area contributed by atoms with Gasteiger partial charge in [-0.25, -0.2) is 0 Å². The molecule has 1 aliphatic rings. The summed E-state index contributed by atoms with van der Waals surface area (Å²) >= 11 is 0. The maximum atomic E-state index is 11.6. The van der Waals surface area contributed by atoms with Crippen molar-refractivity contribution >= 4 is 5.97 Å². The second kappa shape index (κ2) is 8.11. The van der Waals surface area contributed by atoms with Gasteiger partial charge in [-0.1, -0.05) is 6.92 Å². The van der Waals surface area contributed by atoms with Gasteiger partial charge in [0.25, 0.3) is 0 Å². The molecule has 21 heavy (non-hydrogen) atoms. The molecule has 0 aromatic heterocycles. The monoisotopic (exact) mass is 299 g/mol. The molecule has 2 N–H and O–H groups in total. The molecule has 5 heteroatoms. The van der Waals surface area contributed by atoms with E-state index >= 15 is 0 Å². The fourth-order valence-corrected chi connectivity index (χ4v) is 3.13. The van der Waals surface area contributed by atoms with Crippen LogP contribution in [0.25, 0.3) is 0 Å². The second-order valence-corrected chi connectivity index (χ2v) is 6.82. The Labute approximate surface area is 129 Å². The van der Waals surface area contributed by atoms with E-state index in [-0.39, 0.29) is 6.04 Å². The number of piperidine rings is 1. The fourth-order valence-electron chi connectivity index (χ4n) is 3.13. The second-order valence-electron chi connectivity index (χ2n) is 6.82. The van der Waals surface area contributed by atoms with Gasteiger partial charge in [0.05, 0.1) is 0 Å². The Morgan fingerprint density at radius 3 is 2.52 bits per heavy atom. The van der Waals surface area contributed by atoms with Crippen LogP contribution in [0.5, 0.6) is 0 Å². The van der Waals surface area contributed by atoms with Crippen LogP contribution >= 0.6 is 0 Å². The average Bonchev–Trinajstić information content (AvgIpc) is 2.45. The third-order valence-electron chi connectivity index (χ3n) is 4.90. The molecule has 1 heterocycles. The summed E-state index contributed by atoms with van der Waals surface area (Å²) in [5.41, 5.74) is -0.838. The highest BCUT2D eigenvalue weighted by molar-refractivity contribution is 5.78. The Morgan fingerprint density at radius 2 is 2.05 bits per heavy atom. The molecule has 124 valence electrons. The third kappa shape index (κ3) is 5.24. The molecule has 1 aliphatic heterocycles. The molecule has 2 unspecified atom stereocenters. The number of carboxylic acids is 1. The molecule has 0 aromatic rings. The summed E-state index contributed by atoms with van der Waals surface area (Å²) in [6.45, 7) is 9.02. The Balaban J connectivity index is 2.59. The number of carboxylic acid groups (broad SMARTS) is 1. The summed E-state index contributed by atoms with van der Waals surface area (Å²) in [4.78, 5) is 16.4. The van der Waals surface area contributed by atoms with Crippen molar-refractivity contribution in [3.8, 4) is 0 Å². The van der Waals surface area contributed by atoms with Gasteiger partial charge in [0.2, 0.25) is 0 Å². The van der Waals surface area contributed by atoms with Crippen LogP contribution in [0.4, 0.5) is 0 Å². The summed E-state index contributed by atoms with van der Waals surface area (Å²) in [7, 11) is 4.30. The quantitative estimate of drug-likeness (QED) is 0.713. The minimum Gasteiger partial charge on any atom is -0.480 e. The smallest absolute Gasteiger partial charge is 0.323 e. The molecule has 0 radical (unpaired) electrons. The van der Waals surface area contributed by atoms with Gasteiger partial charge in [-0.2, -0.15) is 0 Å². The Bertz CT molecular complexity index is 329. The normalized spacial score (nSPS) is 22.2. The van der Waals surface area contributed by atoms with Crippen molar-refractivity contribution in [2.45, 2.75) is 64.1 Å². The lowest BCUT2D eigenvalue weighted by atomic mass is 9.91. The zero-order valence-corrected chi connectivity index (χ0v) is 14.4. The van der Waals surface area contributed by atoms with Gasteiger partial charge in [-0.15, -0.1) is 0 Å². The fraction of sp³-hybridized carbons (Fsp3) is 0.938. The van der Waals surface area contributed by atoms with Crippen molar-refractivity contribution in [1.29, 1.82) is 0 Å². The van der Waals surface area contributed by atoms with Gasteiger partial charge in [0.1, 0.15) is 5.54 Å². The molecule has 0 spiro atoms. The first-order valence-electron chi connectivity index (χ1n) is 8.19. The number of rotatable bonds is 8. The maximum absolute atomic E-state index is 11.6. The van der Waals surface area contributed by atoms with E-state index in [0.29, 0.717) is 12.5 Å². The molecule has 1 fully saturated rings. The van der Waals surface area contributed by atoms with Crippen LogP contribution in [0, 0.1) is 0 Å². The van der Waals surface area contributed by atoms with Crippen LogP contribution in [0.2, 0.25) is 0 Å². The number of hydrogen-bond acceptors (Lipinski definition) is 4. The highest BCUT2D eigenvalue weighted by Crippen LogP contribution is 2.22. The number of hydrogen-bond donors (Lipinski definition) is 2. The van der Waals surface area contributed by atoms with E-state index in [9.17, 15) is 9.90 Å². The zero-order chi connectivity index (χ0) is 16.0. The van der Waals surface area contributed by atoms with Crippen LogP contribution < -0.4 is 5.32 Å². The van der Waals surface area contributed by atoms with Crippen molar-refractivity contribution in [2.24, 2.45) is 0 Å². The van der Waals surface area contributed by atoms with Crippen LogP contribution in [0.15, 0.2) is 0 Å². The zero-order valence-electron chi connectivity index (χ0n) is 14.4. The number of carbonyl (C=O) groups is 1. The summed E-state index contributed by atoms with van der Waals surface area (Å²) in [5.74, 6) is -0.750. The predicted molar refractivity (Wildman–Crippen MR) is 86.7 cm³/mol. The number of nitrogens with one attached hydrogen (secondary N) is 1. The highest BCUT2D eigenvalue weighted by atomic mass is 16.4. The van der Waals surface area contributed by atoms with Gasteiger partial charge in [-0.05, 0) is 73.3 Å². The summed E-state index contributed by atoms with van der Waals surface area (Å²) in [6, 6.07) is 0.823. The lowest BCUT2D eigenvalue weighted by molar-refractivity contribution is -0.145. The Morgan fingerprint density at radius 1 is 1.48 bits per heavy atom. The lowest BCUT2D eigenvalue weighted by Crippen LogP contribution is -2.55. The van der Waals surface area contributed by atoms with E-state index in [1.54, 1.807) is 0 Å². The van der Waals surface area contributed by atoms with Crippen molar-refractivity contribution in [3.63, 3.8) is 0 Å². The minimum absolute atomic E-state index is 0.254. The predicted octanol–water partition coefficient (Wildman–Crippen LogP) is 1.63. The Hall–Kier alpha value is -0.650. The molecule has 0 bridgehead atoms. The van der Waals surface area contributed by atoms with E-state index < -0.39 is 11.5 Å². The summed E-state index contributed by atoms with van der Waals surface area (Å²) < 4.78 is 0. The lowest BCUT2D eigenvalue weighted by Gasteiger charge is -2.40. The van der Waals surface area contributed by atoms with Gasteiger partial charge in [-0.3, -0.25) is 4.79 Å². The summed E-state index contributed by atoms with van der Waals surface area (Å²) in [6.07, 6.45) is 3.92. The molecule has 0 aliphatic carbocycles. The average molecular weight is 299 g/mol. The van der Waals surface area contributed by atoms with E-state index in [4.69, 9.17) is 0 Å². The van der Waals surface area contributed by atoms with Crippen molar-refractivity contribution in [2.75, 3.05) is 33.7 Å². The van der Waals surface area contributed by atoms with Gasteiger partial charge < -0.3 is 20.2 Å². The van der Waals surface area contributed by atoms with Crippen LogP contribution in [0.3, 0.4) is 0 Å². The van der Waals surface area contributed by atoms with E-state index in [0.717, 1.165) is 26.1 Å².